The normalized spacial score (nSPS) is 9.57. The van der Waals surface area contributed by atoms with E-state index in [1.54, 1.807) is 6.07 Å². The van der Waals surface area contributed by atoms with E-state index in [2.05, 4.69) is 0 Å². The van der Waals surface area contributed by atoms with E-state index in [1.165, 1.54) is 19.1 Å². The molecule has 0 amide bonds. The summed E-state index contributed by atoms with van der Waals surface area (Å²) in [5, 5.41) is 8.72. The van der Waals surface area contributed by atoms with E-state index in [9.17, 15) is 9.59 Å². The van der Waals surface area contributed by atoms with Crippen molar-refractivity contribution >= 4 is 34.5 Å². The van der Waals surface area contributed by atoms with Gasteiger partial charge in [0.05, 0.1) is 5.56 Å². The third-order valence-electron chi connectivity index (χ3n) is 1.38. The highest BCUT2D eigenvalue weighted by molar-refractivity contribution is 14.1. The lowest BCUT2D eigenvalue weighted by molar-refractivity contribution is -0.131. The number of carboxylic acid groups (broad SMARTS) is 1. The van der Waals surface area contributed by atoms with Crippen LogP contribution in [0.15, 0.2) is 18.2 Å². The first kappa shape index (κ1) is 11.0. The Morgan fingerprint density at radius 1 is 1.36 bits per heavy atom. The van der Waals surface area contributed by atoms with Gasteiger partial charge in [0.25, 0.3) is 0 Å². The number of hydrogen-bond donors (Lipinski definition) is 1. The molecule has 0 atom stereocenters. The Morgan fingerprint density at radius 3 is 2.50 bits per heavy atom. The van der Waals surface area contributed by atoms with Crippen LogP contribution in [-0.4, -0.2) is 17.0 Å². The van der Waals surface area contributed by atoms with Crippen molar-refractivity contribution in [2.75, 3.05) is 0 Å². The van der Waals surface area contributed by atoms with Crippen molar-refractivity contribution in [2.45, 2.75) is 6.92 Å². The third-order valence-corrected chi connectivity index (χ3v) is 2.00. The zero-order valence-corrected chi connectivity index (χ0v) is 9.44. The molecule has 0 fully saturated rings. The molecule has 0 unspecified atom stereocenters. The number of carbonyl (C=O) groups excluding carboxylic acids is 1. The summed E-state index contributed by atoms with van der Waals surface area (Å²) in [6.07, 6.45) is 0. The molecule has 0 aliphatic rings. The van der Waals surface area contributed by atoms with Crippen LogP contribution in [0.1, 0.15) is 17.3 Å². The van der Waals surface area contributed by atoms with Gasteiger partial charge >= 0.3 is 11.9 Å². The molecule has 0 aromatic heterocycles. The molecule has 1 aromatic rings. The minimum atomic E-state index is -1.04. The van der Waals surface area contributed by atoms with Gasteiger partial charge in [-0.05, 0) is 40.8 Å². The van der Waals surface area contributed by atoms with Crippen molar-refractivity contribution in [3.63, 3.8) is 0 Å². The van der Waals surface area contributed by atoms with Gasteiger partial charge in [-0.1, -0.05) is 0 Å². The summed E-state index contributed by atoms with van der Waals surface area (Å²) in [6.45, 7) is 1.26. The van der Waals surface area contributed by atoms with Crippen LogP contribution in [0.5, 0.6) is 5.75 Å². The number of benzene rings is 1. The molecule has 14 heavy (non-hydrogen) atoms. The van der Waals surface area contributed by atoms with Crippen LogP contribution in [0, 0.1) is 3.57 Å². The minimum Gasteiger partial charge on any atom is -0.478 e. The summed E-state index contributed by atoms with van der Waals surface area (Å²) >= 11 is 1.96. The van der Waals surface area contributed by atoms with Gasteiger partial charge in [0.2, 0.25) is 0 Å². The van der Waals surface area contributed by atoms with Gasteiger partial charge in [-0.15, -0.1) is 0 Å². The molecule has 0 aliphatic heterocycles. The summed E-state index contributed by atoms with van der Waals surface area (Å²) in [7, 11) is 0. The number of carbonyl (C=O) groups is 2. The maximum Gasteiger partial charge on any atom is 0.335 e. The standard InChI is InChI=1S/C9H7IO4/c1-5(11)14-8-3-6(9(12)13)2-7(10)4-8/h2-4H,1H3,(H,12,13). The summed E-state index contributed by atoms with van der Waals surface area (Å²) in [5.74, 6) is -1.26. The number of esters is 1. The summed E-state index contributed by atoms with van der Waals surface area (Å²) in [6, 6.07) is 4.40. The molecule has 4 nitrogen and oxygen atoms in total. The van der Waals surface area contributed by atoms with Crippen LogP contribution >= 0.6 is 22.6 Å². The average Bonchev–Trinajstić information content (AvgIpc) is 2.01. The lowest BCUT2D eigenvalue weighted by Gasteiger charge is -2.03. The Bertz CT molecular complexity index is 386. The van der Waals surface area contributed by atoms with Crippen molar-refractivity contribution in [1.29, 1.82) is 0 Å². The van der Waals surface area contributed by atoms with Crippen molar-refractivity contribution in [3.8, 4) is 5.75 Å². The Labute approximate surface area is 94.0 Å². The van der Waals surface area contributed by atoms with Crippen molar-refractivity contribution in [1.82, 2.24) is 0 Å². The Kier molecular flexibility index (Phi) is 3.45. The molecule has 0 spiro atoms. The van der Waals surface area contributed by atoms with Crippen molar-refractivity contribution < 1.29 is 19.4 Å². The van der Waals surface area contributed by atoms with Crippen LogP contribution < -0.4 is 4.74 Å². The number of ether oxygens (including phenoxy) is 1. The summed E-state index contributed by atoms with van der Waals surface area (Å²) in [4.78, 5) is 21.3. The number of aromatic carboxylic acids is 1. The van der Waals surface area contributed by atoms with Gasteiger partial charge in [-0.3, -0.25) is 4.79 Å². The van der Waals surface area contributed by atoms with Gasteiger partial charge in [-0.25, -0.2) is 4.79 Å². The van der Waals surface area contributed by atoms with E-state index in [-0.39, 0.29) is 11.3 Å². The predicted octanol–water partition coefficient (Wildman–Crippen LogP) is 1.91. The minimum absolute atomic E-state index is 0.105. The zero-order chi connectivity index (χ0) is 10.7. The van der Waals surface area contributed by atoms with Crippen LogP contribution in [0.25, 0.3) is 0 Å². The van der Waals surface area contributed by atoms with E-state index < -0.39 is 11.9 Å². The number of halogens is 1. The zero-order valence-electron chi connectivity index (χ0n) is 7.28. The summed E-state index contributed by atoms with van der Waals surface area (Å²) < 4.78 is 5.49. The molecule has 1 aromatic carbocycles. The van der Waals surface area contributed by atoms with E-state index in [0.717, 1.165) is 0 Å². The van der Waals surface area contributed by atoms with Crippen LogP contribution in [0.2, 0.25) is 0 Å². The Balaban J connectivity index is 3.07. The first-order chi connectivity index (χ1) is 6.49. The molecule has 0 aliphatic carbocycles. The molecular weight excluding hydrogens is 299 g/mol. The van der Waals surface area contributed by atoms with E-state index in [0.29, 0.717) is 3.57 Å². The second-order valence-corrected chi connectivity index (χ2v) is 3.82. The number of carboxylic acids is 1. The SMILES string of the molecule is CC(=O)Oc1cc(I)cc(C(=O)O)c1. The van der Waals surface area contributed by atoms with Crippen LogP contribution in [0.4, 0.5) is 0 Å². The molecular formula is C9H7IO4. The fraction of sp³-hybridized carbons (Fsp3) is 0.111. The maximum atomic E-state index is 10.6. The van der Waals surface area contributed by atoms with Crippen molar-refractivity contribution in [3.05, 3.63) is 27.3 Å². The van der Waals surface area contributed by atoms with Gasteiger partial charge in [-0.2, -0.15) is 0 Å². The van der Waals surface area contributed by atoms with Gasteiger partial charge in [0.1, 0.15) is 5.75 Å². The largest absolute Gasteiger partial charge is 0.478 e. The van der Waals surface area contributed by atoms with Gasteiger partial charge < -0.3 is 9.84 Å². The average molecular weight is 306 g/mol. The van der Waals surface area contributed by atoms with Gasteiger partial charge in [0, 0.05) is 10.5 Å². The number of hydrogen-bond acceptors (Lipinski definition) is 3. The third kappa shape index (κ3) is 2.99. The highest BCUT2D eigenvalue weighted by atomic mass is 127. The lowest BCUT2D eigenvalue weighted by atomic mass is 10.2. The second kappa shape index (κ2) is 4.41. The van der Waals surface area contributed by atoms with Crippen molar-refractivity contribution in [2.24, 2.45) is 0 Å². The molecule has 5 heteroatoms. The summed E-state index contributed by atoms with van der Waals surface area (Å²) in [5.41, 5.74) is 0.105. The Morgan fingerprint density at radius 2 is 2.00 bits per heavy atom. The fourth-order valence-corrected chi connectivity index (χ4v) is 1.55. The first-order valence-corrected chi connectivity index (χ1v) is 4.79. The maximum absolute atomic E-state index is 10.6. The Hall–Kier alpha value is -1.11. The quantitative estimate of drug-likeness (QED) is 0.515. The predicted molar refractivity (Wildman–Crippen MR) is 57.4 cm³/mol. The molecule has 0 radical (unpaired) electrons. The van der Waals surface area contributed by atoms with E-state index in [4.69, 9.17) is 9.84 Å². The topological polar surface area (TPSA) is 63.6 Å². The lowest BCUT2D eigenvalue weighted by Crippen LogP contribution is -2.04. The number of rotatable bonds is 2. The molecule has 0 saturated carbocycles. The first-order valence-electron chi connectivity index (χ1n) is 3.71. The second-order valence-electron chi connectivity index (χ2n) is 2.57. The van der Waals surface area contributed by atoms with Crippen LogP contribution in [0.3, 0.4) is 0 Å². The monoisotopic (exact) mass is 306 g/mol. The van der Waals surface area contributed by atoms with Crippen LogP contribution in [-0.2, 0) is 4.79 Å². The molecule has 1 rings (SSSR count). The van der Waals surface area contributed by atoms with Gasteiger partial charge in [0.15, 0.2) is 0 Å². The van der Waals surface area contributed by atoms with E-state index in [1.807, 2.05) is 22.6 Å². The molecule has 0 saturated heterocycles. The highest BCUT2D eigenvalue weighted by Crippen LogP contribution is 2.18. The fourth-order valence-electron chi connectivity index (χ4n) is 0.911. The molecule has 74 valence electrons. The smallest absolute Gasteiger partial charge is 0.335 e. The van der Waals surface area contributed by atoms with E-state index >= 15 is 0 Å². The molecule has 0 heterocycles. The highest BCUT2D eigenvalue weighted by Gasteiger charge is 2.07. The molecule has 0 bridgehead atoms. The molecule has 1 N–H and O–H groups in total.